The molecule has 0 radical (unpaired) electrons. The van der Waals surface area contributed by atoms with E-state index in [-0.39, 0.29) is 11.9 Å². The third-order valence-electron chi connectivity index (χ3n) is 5.11. The highest BCUT2D eigenvalue weighted by molar-refractivity contribution is 7.10. The van der Waals surface area contributed by atoms with Crippen LogP contribution in [-0.4, -0.2) is 43.7 Å². The Bertz CT molecular complexity index is 926. The summed E-state index contributed by atoms with van der Waals surface area (Å²) in [6.07, 6.45) is 0. The first-order chi connectivity index (χ1) is 13.1. The lowest BCUT2D eigenvalue weighted by molar-refractivity contribution is 0.0168. The molecule has 1 saturated heterocycles. The molecular formula is C21H24N2O3S. The van der Waals surface area contributed by atoms with Crippen LogP contribution in [0.15, 0.2) is 40.1 Å². The van der Waals surface area contributed by atoms with E-state index >= 15 is 0 Å². The Hall–Kier alpha value is -2.15. The third kappa shape index (κ3) is 3.78. The van der Waals surface area contributed by atoms with Crippen LogP contribution in [0.1, 0.15) is 32.6 Å². The number of benzene rings is 1. The van der Waals surface area contributed by atoms with Crippen molar-refractivity contribution in [1.29, 1.82) is 0 Å². The lowest BCUT2D eigenvalue weighted by Crippen LogP contribution is -2.43. The summed E-state index contributed by atoms with van der Waals surface area (Å²) >= 11 is 1.72. The van der Waals surface area contributed by atoms with Gasteiger partial charge in [0.2, 0.25) is 0 Å². The number of morpholine rings is 1. The van der Waals surface area contributed by atoms with Crippen molar-refractivity contribution in [2.75, 3.05) is 32.8 Å². The molecule has 3 heterocycles. The first-order valence-electron chi connectivity index (χ1n) is 9.26. The zero-order valence-electron chi connectivity index (χ0n) is 15.7. The summed E-state index contributed by atoms with van der Waals surface area (Å²) in [5.74, 6) is 0.249. The molecule has 1 N–H and O–H groups in total. The highest BCUT2D eigenvalue weighted by Gasteiger charge is 2.25. The highest BCUT2D eigenvalue weighted by Crippen LogP contribution is 2.28. The number of furan rings is 1. The SMILES string of the molecule is Cc1ccc2c(C)c(C(=O)NC[C@H](c3cccs3)N3CCOCC3)oc2c1. The Balaban J connectivity index is 1.52. The maximum absolute atomic E-state index is 12.8. The summed E-state index contributed by atoms with van der Waals surface area (Å²) in [5, 5.41) is 6.17. The van der Waals surface area contributed by atoms with Crippen molar-refractivity contribution in [1.82, 2.24) is 10.2 Å². The molecule has 0 saturated carbocycles. The lowest BCUT2D eigenvalue weighted by Gasteiger charge is -2.34. The molecule has 27 heavy (non-hydrogen) atoms. The Labute approximate surface area is 162 Å². The molecule has 0 spiro atoms. The summed E-state index contributed by atoms with van der Waals surface area (Å²) in [4.78, 5) is 16.5. The molecule has 3 aromatic rings. The Morgan fingerprint density at radius 3 is 2.81 bits per heavy atom. The van der Waals surface area contributed by atoms with Crippen LogP contribution in [0.5, 0.6) is 0 Å². The number of carbonyl (C=O) groups excluding carboxylic acids is 1. The number of amides is 1. The van der Waals surface area contributed by atoms with Crippen molar-refractivity contribution in [3.8, 4) is 0 Å². The molecule has 5 nitrogen and oxygen atoms in total. The van der Waals surface area contributed by atoms with Gasteiger partial charge in [0.05, 0.1) is 19.3 Å². The van der Waals surface area contributed by atoms with Gasteiger partial charge in [-0.05, 0) is 36.9 Å². The van der Waals surface area contributed by atoms with Gasteiger partial charge in [0.1, 0.15) is 5.58 Å². The van der Waals surface area contributed by atoms with E-state index in [0.717, 1.165) is 48.4 Å². The van der Waals surface area contributed by atoms with Gasteiger partial charge in [-0.25, -0.2) is 0 Å². The molecule has 0 bridgehead atoms. The van der Waals surface area contributed by atoms with Crippen LogP contribution in [-0.2, 0) is 4.74 Å². The molecule has 1 aliphatic rings. The molecular weight excluding hydrogens is 360 g/mol. The molecule has 0 aliphatic carbocycles. The van der Waals surface area contributed by atoms with Crippen LogP contribution >= 0.6 is 11.3 Å². The van der Waals surface area contributed by atoms with Crippen molar-refractivity contribution in [3.05, 3.63) is 57.5 Å². The highest BCUT2D eigenvalue weighted by atomic mass is 32.1. The number of nitrogens with zero attached hydrogens (tertiary/aromatic N) is 1. The van der Waals surface area contributed by atoms with Crippen LogP contribution in [0.2, 0.25) is 0 Å². The van der Waals surface area contributed by atoms with Gasteiger partial charge >= 0.3 is 0 Å². The predicted molar refractivity (Wildman–Crippen MR) is 107 cm³/mol. The largest absolute Gasteiger partial charge is 0.451 e. The minimum atomic E-state index is -0.156. The topological polar surface area (TPSA) is 54.7 Å². The quantitative estimate of drug-likeness (QED) is 0.725. The molecule has 142 valence electrons. The molecule has 1 aliphatic heterocycles. The fourth-order valence-corrected chi connectivity index (χ4v) is 4.46. The van der Waals surface area contributed by atoms with Crippen LogP contribution < -0.4 is 5.32 Å². The van der Waals surface area contributed by atoms with Crippen molar-refractivity contribution in [2.45, 2.75) is 19.9 Å². The Morgan fingerprint density at radius 2 is 2.07 bits per heavy atom. The van der Waals surface area contributed by atoms with E-state index in [9.17, 15) is 4.79 Å². The van der Waals surface area contributed by atoms with E-state index in [2.05, 4.69) is 27.7 Å². The average Bonchev–Trinajstić information content (AvgIpc) is 3.31. The van der Waals surface area contributed by atoms with Crippen molar-refractivity contribution in [3.63, 3.8) is 0 Å². The Kier molecular flexibility index (Phi) is 5.29. The number of ether oxygens (including phenoxy) is 1. The second kappa shape index (κ2) is 7.84. The molecule has 6 heteroatoms. The fourth-order valence-electron chi connectivity index (χ4n) is 3.60. The predicted octanol–water partition coefficient (Wildman–Crippen LogP) is 3.91. The monoisotopic (exact) mass is 384 g/mol. The second-order valence-electron chi connectivity index (χ2n) is 6.95. The smallest absolute Gasteiger partial charge is 0.287 e. The molecule has 0 unspecified atom stereocenters. The minimum Gasteiger partial charge on any atom is -0.451 e. The number of hydrogen-bond donors (Lipinski definition) is 1. The lowest BCUT2D eigenvalue weighted by atomic mass is 10.1. The molecule has 2 aromatic heterocycles. The van der Waals surface area contributed by atoms with Crippen LogP contribution in [0, 0.1) is 13.8 Å². The van der Waals surface area contributed by atoms with E-state index in [1.807, 2.05) is 32.0 Å². The zero-order chi connectivity index (χ0) is 18.8. The first kappa shape index (κ1) is 18.2. The van der Waals surface area contributed by atoms with E-state index in [1.54, 1.807) is 11.3 Å². The summed E-state index contributed by atoms with van der Waals surface area (Å²) < 4.78 is 11.3. The number of thiophene rings is 1. The van der Waals surface area contributed by atoms with Crippen molar-refractivity contribution in [2.24, 2.45) is 0 Å². The van der Waals surface area contributed by atoms with Crippen LogP contribution in [0.3, 0.4) is 0 Å². The van der Waals surface area contributed by atoms with Crippen molar-refractivity contribution >= 4 is 28.2 Å². The summed E-state index contributed by atoms with van der Waals surface area (Å²) in [7, 11) is 0. The van der Waals surface area contributed by atoms with Gasteiger partial charge in [0.15, 0.2) is 5.76 Å². The molecule has 4 rings (SSSR count). The van der Waals surface area contributed by atoms with Crippen LogP contribution in [0.4, 0.5) is 0 Å². The normalized spacial score (nSPS) is 16.5. The maximum atomic E-state index is 12.8. The Morgan fingerprint density at radius 1 is 1.26 bits per heavy atom. The number of hydrogen-bond acceptors (Lipinski definition) is 5. The van der Waals surface area contributed by atoms with E-state index in [1.165, 1.54) is 4.88 Å². The zero-order valence-corrected chi connectivity index (χ0v) is 16.5. The number of fused-ring (bicyclic) bond motifs is 1. The average molecular weight is 385 g/mol. The number of carbonyl (C=O) groups is 1. The first-order valence-corrected chi connectivity index (χ1v) is 10.1. The van der Waals surface area contributed by atoms with E-state index < -0.39 is 0 Å². The van der Waals surface area contributed by atoms with Gasteiger partial charge in [0.25, 0.3) is 5.91 Å². The molecule has 1 atom stereocenters. The minimum absolute atomic E-state index is 0.156. The summed E-state index contributed by atoms with van der Waals surface area (Å²) in [5.41, 5.74) is 2.77. The van der Waals surface area contributed by atoms with E-state index in [0.29, 0.717) is 12.3 Å². The second-order valence-corrected chi connectivity index (χ2v) is 7.92. The third-order valence-corrected chi connectivity index (χ3v) is 6.09. The van der Waals surface area contributed by atoms with Gasteiger partial charge in [-0.3, -0.25) is 9.69 Å². The van der Waals surface area contributed by atoms with E-state index in [4.69, 9.17) is 9.15 Å². The van der Waals surface area contributed by atoms with Gasteiger partial charge in [0, 0.05) is 35.5 Å². The summed E-state index contributed by atoms with van der Waals surface area (Å²) in [6, 6.07) is 10.4. The maximum Gasteiger partial charge on any atom is 0.287 e. The summed E-state index contributed by atoms with van der Waals surface area (Å²) in [6.45, 7) is 7.73. The number of aryl methyl sites for hydroxylation is 2. The van der Waals surface area contributed by atoms with Gasteiger partial charge < -0.3 is 14.5 Å². The van der Waals surface area contributed by atoms with Crippen LogP contribution in [0.25, 0.3) is 11.0 Å². The number of nitrogens with one attached hydrogen (secondary N) is 1. The fraction of sp³-hybridized carbons (Fsp3) is 0.381. The molecule has 1 aromatic carbocycles. The molecule has 1 fully saturated rings. The molecule has 1 amide bonds. The van der Waals surface area contributed by atoms with Gasteiger partial charge in [-0.2, -0.15) is 0 Å². The van der Waals surface area contributed by atoms with Gasteiger partial charge in [-0.15, -0.1) is 11.3 Å². The number of rotatable bonds is 5. The van der Waals surface area contributed by atoms with Crippen molar-refractivity contribution < 1.29 is 13.9 Å². The standard InChI is InChI=1S/C21H24N2O3S/c1-14-5-6-16-15(2)20(26-18(16)12-14)21(24)22-13-17(19-4-3-11-27-19)23-7-9-25-10-8-23/h3-6,11-12,17H,7-10,13H2,1-2H3,(H,22,24)/t17-/m1/s1. The van der Waals surface area contributed by atoms with Gasteiger partial charge in [-0.1, -0.05) is 18.2 Å².